The van der Waals surface area contributed by atoms with Crippen LogP contribution < -0.4 is 0 Å². The summed E-state index contributed by atoms with van der Waals surface area (Å²) in [4.78, 5) is 0.298. The van der Waals surface area contributed by atoms with E-state index in [0.29, 0.717) is 23.7 Å². The first kappa shape index (κ1) is 22.2. The van der Waals surface area contributed by atoms with E-state index in [-0.39, 0.29) is 21.4 Å². The summed E-state index contributed by atoms with van der Waals surface area (Å²) in [6, 6.07) is 20.0. The number of H-pyrrole nitrogens is 1. The molecule has 9 heteroatoms. The lowest BCUT2D eigenvalue weighted by atomic mass is 10.1. The Hall–Kier alpha value is -3.01. The fourth-order valence-electron chi connectivity index (χ4n) is 3.33. The maximum Gasteiger partial charge on any atom is 0.296 e. The smallest absolute Gasteiger partial charge is 0.276 e. The Morgan fingerprint density at radius 1 is 0.875 bits per heavy atom. The topological polar surface area (TPSA) is 106 Å². The SMILES string of the molecule is Cc1ccc(S(=O)(=O)OCCCc2ccc3[nH]nc(S(=O)(=O)c4ccccc4)c3c2)cc1. The second kappa shape index (κ2) is 8.85. The number of aromatic amines is 1. The van der Waals surface area contributed by atoms with Gasteiger partial charge in [0, 0.05) is 5.39 Å². The van der Waals surface area contributed by atoms with Crippen molar-refractivity contribution in [1.82, 2.24) is 10.2 Å². The zero-order chi connectivity index (χ0) is 22.8. The number of nitrogens with one attached hydrogen (secondary N) is 1. The number of sulfone groups is 1. The van der Waals surface area contributed by atoms with Gasteiger partial charge in [0.25, 0.3) is 10.1 Å². The summed E-state index contributed by atoms with van der Waals surface area (Å²) in [5.41, 5.74) is 2.44. The fourth-order valence-corrected chi connectivity index (χ4v) is 5.63. The Morgan fingerprint density at radius 3 is 2.31 bits per heavy atom. The van der Waals surface area contributed by atoms with Crippen molar-refractivity contribution in [2.24, 2.45) is 0 Å². The first-order valence-electron chi connectivity index (χ1n) is 10.0. The van der Waals surface area contributed by atoms with Crippen molar-refractivity contribution in [3.8, 4) is 0 Å². The molecule has 0 radical (unpaired) electrons. The molecule has 0 bridgehead atoms. The van der Waals surface area contributed by atoms with Crippen LogP contribution in [0, 0.1) is 6.92 Å². The Bertz CT molecular complexity index is 1440. The van der Waals surface area contributed by atoms with Crippen LogP contribution in [-0.2, 0) is 30.6 Å². The predicted octanol–water partition coefficient (Wildman–Crippen LogP) is 4.04. The van der Waals surface area contributed by atoms with E-state index in [1.54, 1.807) is 42.5 Å². The summed E-state index contributed by atoms with van der Waals surface area (Å²) in [6.07, 6.45) is 0.977. The van der Waals surface area contributed by atoms with Crippen LogP contribution in [0.4, 0.5) is 0 Å². The van der Waals surface area contributed by atoms with E-state index < -0.39 is 20.0 Å². The van der Waals surface area contributed by atoms with Gasteiger partial charge >= 0.3 is 0 Å². The molecule has 1 N–H and O–H groups in total. The molecule has 4 rings (SSSR count). The number of aryl methyl sites for hydroxylation is 2. The molecule has 0 saturated carbocycles. The highest BCUT2D eigenvalue weighted by molar-refractivity contribution is 7.91. The van der Waals surface area contributed by atoms with Crippen molar-refractivity contribution in [3.63, 3.8) is 0 Å². The molecule has 32 heavy (non-hydrogen) atoms. The van der Waals surface area contributed by atoms with Crippen LogP contribution in [0.3, 0.4) is 0 Å². The molecular formula is C23H22N2O5S2. The lowest BCUT2D eigenvalue weighted by Crippen LogP contribution is -2.08. The number of fused-ring (bicyclic) bond motifs is 1. The zero-order valence-electron chi connectivity index (χ0n) is 17.4. The van der Waals surface area contributed by atoms with Gasteiger partial charge in [0.15, 0.2) is 5.03 Å². The van der Waals surface area contributed by atoms with Crippen LogP contribution in [0.25, 0.3) is 10.9 Å². The van der Waals surface area contributed by atoms with Gasteiger partial charge in [-0.3, -0.25) is 9.28 Å². The van der Waals surface area contributed by atoms with Crippen molar-refractivity contribution in [2.75, 3.05) is 6.61 Å². The predicted molar refractivity (Wildman–Crippen MR) is 121 cm³/mol. The maximum absolute atomic E-state index is 13.0. The zero-order valence-corrected chi connectivity index (χ0v) is 19.0. The second-order valence-corrected chi connectivity index (χ2v) is 10.9. The van der Waals surface area contributed by atoms with Crippen molar-refractivity contribution in [3.05, 3.63) is 83.9 Å². The Balaban J connectivity index is 1.47. The normalized spacial score (nSPS) is 12.3. The average Bonchev–Trinajstić information content (AvgIpc) is 3.22. The molecule has 0 fully saturated rings. The Kier molecular flexibility index (Phi) is 6.14. The van der Waals surface area contributed by atoms with E-state index in [1.165, 1.54) is 24.3 Å². The van der Waals surface area contributed by atoms with Crippen molar-refractivity contribution < 1.29 is 21.0 Å². The molecule has 0 spiro atoms. The van der Waals surface area contributed by atoms with Gasteiger partial charge in [-0.05, 0) is 61.7 Å². The van der Waals surface area contributed by atoms with Gasteiger partial charge < -0.3 is 0 Å². The molecule has 0 aliphatic heterocycles. The quantitative estimate of drug-likeness (QED) is 0.308. The van der Waals surface area contributed by atoms with E-state index in [4.69, 9.17) is 4.18 Å². The summed E-state index contributed by atoms with van der Waals surface area (Å²) < 4.78 is 55.7. The number of hydrogen-bond acceptors (Lipinski definition) is 6. The third-order valence-corrected chi connectivity index (χ3v) is 8.10. The highest BCUT2D eigenvalue weighted by atomic mass is 32.2. The van der Waals surface area contributed by atoms with Crippen LogP contribution in [0.2, 0.25) is 0 Å². The van der Waals surface area contributed by atoms with E-state index in [9.17, 15) is 16.8 Å². The molecule has 0 aliphatic carbocycles. The number of nitrogens with zero attached hydrogens (tertiary/aromatic N) is 1. The lowest BCUT2D eigenvalue weighted by molar-refractivity contribution is 0.312. The van der Waals surface area contributed by atoms with Crippen LogP contribution in [0.5, 0.6) is 0 Å². The van der Waals surface area contributed by atoms with Gasteiger partial charge in [-0.2, -0.15) is 13.5 Å². The third-order valence-electron chi connectivity index (χ3n) is 5.06. The van der Waals surface area contributed by atoms with Crippen LogP contribution in [0.1, 0.15) is 17.5 Å². The molecule has 0 saturated heterocycles. The minimum absolute atomic E-state index is 0.0226. The van der Waals surface area contributed by atoms with Crippen molar-refractivity contribution >= 4 is 30.9 Å². The summed E-state index contributed by atoms with van der Waals surface area (Å²) in [5.74, 6) is 0. The monoisotopic (exact) mass is 470 g/mol. The lowest BCUT2D eigenvalue weighted by Gasteiger charge is -2.07. The number of benzene rings is 3. The van der Waals surface area contributed by atoms with Gasteiger partial charge in [-0.25, -0.2) is 8.42 Å². The first-order chi connectivity index (χ1) is 15.3. The van der Waals surface area contributed by atoms with Gasteiger partial charge in [0.1, 0.15) is 0 Å². The van der Waals surface area contributed by atoms with Gasteiger partial charge in [0.05, 0.1) is 21.9 Å². The van der Waals surface area contributed by atoms with Crippen molar-refractivity contribution in [1.29, 1.82) is 0 Å². The highest BCUT2D eigenvalue weighted by Gasteiger charge is 2.23. The molecule has 7 nitrogen and oxygen atoms in total. The standard InChI is InChI=1S/C23H22N2O5S2/c1-17-9-12-20(13-10-17)32(28,29)30-15-5-6-18-11-14-22-21(16-18)23(25-24-22)31(26,27)19-7-3-2-4-8-19/h2-4,7-14,16H,5-6,15H2,1H3,(H,24,25). The minimum Gasteiger partial charge on any atom is -0.276 e. The fraction of sp³-hybridized carbons (Fsp3) is 0.174. The van der Waals surface area contributed by atoms with Crippen LogP contribution in [-0.4, -0.2) is 33.6 Å². The molecule has 1 heterocycles. The number of rotatable bonds is 8. The summed E-state index contributed by atoms with van der Waals surface area (Å²) in [5, 5.41) is 7.27. The van der Waals surface area contributed by atoms with E-state index >= 15 is 0 Å². The second-order valence-electron chi connectivity index (χ2n) is 7.42. The third kappa shape index (κ3) is 4.59. The maximum atomic E-state index is 13.0. The summed E-state index contributed by atoms with van der Waals surface area (Å²) in [7, 11) is -7.57. The van der Waals surface area contributed by atoms with Gasteiger partial charge in [0.2, 0.25) is 9.84 Å². The largest absolute Gasteiger partial charge is 0.296 e. The summed E-state index contributed by atoms with van der Waals surface area (Å²) in [6.45, 7) is 1.90. The molecule has 4 aromatic rings. The van der Waals surface area contributed by atoms with Gasteiger partial charge in [-0.1, -0.05) is 42.0 Å². The van der Waals surface area contributed by atoms with Crippen molar-refractivity contribution in [2.45, 2.75) is 34.6 Å². The van der Waals surface area contributed by atoms with Crippen LogP contribution in [0.15, 0.2) is 87.6 Å². The van der Waals surface area contributed by atoms with E-state index in [1.807, 2.05) is 13.0 Å². The minimum atomic E-state index is -3.81. The van der Waals surface area contributed by atoms with E-state index in [2.05, 4.69) is 10.2 Å². The molecule has 1 aromatic heterocycles. The van der Waals surface area contributed by atoms with Crippen LogP contribution >= 0.6 is 0 Å². The number of hydrogen-bond donors (Lipinski definition) is 1. The molecule has 0 amide bonds. The molecule has 166 valence electrons. The molecule has 0 aliphatic rings. The molecule has 0 unspecified atom stereocenters. The molecule has 3 aromatic carbocycles. The molecular weight excluding hydrogens is 448 g/mol. The first-order valence-corrected chi connectivity index (χ1v) is 12.9. The molecule has 0 atom stereocenters. The number of aromatic nitrogens is 2. The Labute approximate surface area is 187 Å². The average molecular weight is 471 g/mol. The Morgan fingerprint density at radius 2 is 1.59 bits per heavy atom. The van der Waals surface area contributed by atoms with E-state index in [0.717, 1.165) is 11.1 Å². The summed E-state index contributed by atoms with van der Waals surface area (Å²) >= 11 is 0. The van der Waals surface area contributed by atoms with Gasteiger partial charge in [-0.15, -0.1) is 0 Å². The highest BCUT2D eigenvalue weighted by Crippen LogP contribution is 2.27.